The molecule has 3 aromatic rings. The van der Waals surface area contributed by atoms with Crippen molar-refractivity contribution in [3.05, 3.63) is 66.0 Å². The first-order valence-electron chi connectivity index (χ1n) is 7.34. The van der Waals surface area contributed by atoms with Gasteiger partial charge in [0.05, 0.1) is 24.6 Å². The van der Waals surface area contributed by atoms with Crippen LogP contribution in [0.2, 0.25) is 0 Å². The number of nitrogens with zero attached hydrogens (tertiary/aromatic N) is 2. The van der Waals surface area contributed by atoms with Crippen LogP contribution in [0.4, 0.5) is 0 Å². The van der Waals surface area contributed by atoms with Gasteiger partial charge in [-0.15, -0.1) is 0 Å². The summed E-state index contributed by atoms with van der Waals surface area (Å²) in [5, 5.41) is 2.92. The van der Waals surface area contributed by atoms with Crippen molar-refractivity contribution in [2.75, 3.05) is 7.11 Å². The van der Waals surface area contributed by atoms with Gasteiger partial charge in [-0.1, -0.05) is 18.2 Å². The van der Waals surface area contributed by atoms with Crippen LogP contribution < -0.4 is 10.1 Å². The SMILES string of the molecule is COc1cccc(CC(=O)NCc2ccc3nccnc3c2)c1. The monoisotopic (exact) mass is 307 g/mol. The molecule has 1 N–H and O–H groups in total. The Morgan fingerprint density at radius 2 is 1.87 bits per heavy atom. The van der Waals surface area contributed by atoms with E-state index in [2.05, 4.69) is 15.3 Å². The van der Waals surface area contributed by atoms with Crippen LogP contribution in [0.1, 0.15) is 11.1 Å². The lowest BCUT2D eigenvalue weighted by molar-refractivity contribution is -0.120. The summed E-state index contributed by atoms with van der Waals surface area (Å²) in [7, 11) is 1.61. The van der Waals surface area contributed by atoms with Gasteiger partial charge in [0.25, 0.3) is 0 Å². The van der Waals surface area contributed by atoms with Crippen molar-refractivity contribution >= 4 is 16.9 Å². The molecule has 116 valence electrons. The van der Waals surface area contributed by atoms with Crippen molar-refractivity contribution in [3.63, 3.8) is 0 Å². The van der Waals surface area contributed by atoms with Gasteiger partial charge in [-0.25, -0.2) is 0 Å². The van der Waals surface area contributed by atoms with E-state index in [9.17, 15) is 4.79 Å². The number of aromatic nitrogens is 2. The summed E-state index contributed by atoms with van der Waals surface area (Å²) in [6, 6.07) is 13.3. The van der Waals surface area contributed by atoms with E-state index in [4.69, 9.17) is 4.74 Å². The molecule has 0 bridgehead atoms. The molecule has 23 heavy (non-hydrogen) atoms. The van der Waals surface area contributed by atoms with Gasteiger partial charge in [0.2, 0.25) is 5.91 Å². The van der Waals surface area contributed by atoms with E-state index >= 15 is 0 Å². The smallest absolute Gasteiger partial charge is 0.224 e. The normalized spacial score (nSPS) is 10.5. The Hall–Kier alpha value is -2.95. The Morgan fingerprint density at radius 1 is 1.04 bits per heavy atom. The molecule has 5 heteroatoms. The number of benzene rings is 2. The molecule has 0 aliphatic rings. The minimum atomic E-state index is -0.0301. The Kier molecular flexibility index (Phi) is 4.47. The van der Waals surface area contributed by atoms with Crippen molar-refractivity contribution < 1.29 is 9.53 Å². The molecule has 0 radical (unpaired) electrons. The number of carbonyl (C=O) groups excluding carboxylic acids is 1. The first-order chi connectivity index (χ1) is 11.2. The number of hydrogen-bond donors (Lipinski definition) is 1. The van der Waals surface area contributed by atoms with E-state index in [1.807, 2.05) is 42.5 Å². The maximum Gasteiger partial charge on any atom is 0.224 e. The van der Waals surface area contributed by atoms with E-state index < -0.39 is 0 Å². The number of methoxy groups -OCH3 is 1. The predicted octanol–water partition coefficient (Wildman–Crippen LogP) is 2.50. The van der Waals surface area contributed by atoms with Gasteiger partial charge in [0.1, 0.15) is 5.75 Å². The Morgan fingerprint density at radius 3 is 2.70 bits per heavy atom. The zero-order valence-corrected chi connectivity index (χ0v) is 12.8. The van der Waals surface area contributed by atoms with Crippen molar-refractivity contribution in [2.45, 2.75) is 13.0 Å². The number of rotatable bonds is 5. The second-order valence-electron chi connectivity index (χ2n) is 5.18. The highest BCUT2D eigenvalue weighted by atomic mass is 16.5. The molecule has 0 saturated heterocycles. The van der Waals surface area contributed by atoms with Gasteiger partial charge in [-0.3, -0.25) is 14.8 Å². The highest BCUT2D eigenvalue weighted by Crippen LogP contribution is 2.13. The molecule has 0 saturated carbocycles. The molecule has 1 amide bonds. The lowest BCUT2D eigenvalue weighted by atomic mass is 10.1. The van der Waals surface area contributed by atoms with Gasteiger partial charge >= 0.3 is 0 Å². The number of nitrogens with one attached hydrogen (secondary N) is 1. The largest absolute Gasteiger partial charge is 0.497 e. The van der Waals surface area contributed by atoms with Crippen LogP contribution in [0.15, 0.2) is 54.9 Å². The third-order valence-corrected chi connectivity index (χ3v) is 3.52. The topological polar surface area (TPSA) is 64.1 Å². The highest BCUT2D eigenvalue weighted by Gasteiger charge is 2.05. The van der Waals surface area contributed by atoms with Crippen LogP contribution in [-0.2, 0) is 17.8 Å². The summed E-state index contributed by atoms with van der Waals surface area (Å²) in [5.74, 6) is 0.723. The van der Waals surface area contributed by atoms with Crippen molar-refractivity contribution in [1.29, 1.82) is 0 Å². The van der Waals surface area contributed by atoms with Crippen LogP contribution in [-0.4, -0.2) is 23.0 Å². The standard InChI is InChI=1S/C18H17N3O2/c1-23-15-4-2-3-13(9-15)11-18(22)21-12-14-5-6-16-17(10-14)20-8-7-19-16/h2-10H,11-12H2,1H3,(H,21,22). The van der Waals surface area contributed by atoms with Gasteiger partial charge in [-0.2, -0.15) is 0 Å². The molecule has 0 atom stereocenters. The summed E-state index contributed by atoms with van der Waals surface area (Å²) in [6.07, 6.45) is 3.65. The Balaban J connectivity index is 1.61. The van der Waals surface area contributed by atoms with Crippen LogP contribution in [0, 0.1) is 0 Å². The predicted molar refractivity (Wildman–Crippen MR) is 88.1 cm³/mol. The first kappa shape index (κ1) is 15.0. The molecule has 0 aliphatic heterocycles. The first-order valence-corrected chi connectivity index (χ1v) is 7.34. The summed E-state index contributed by atoms with van der Waals surface area (Å²) in [4.78, 5) is 20.6. The molecule has 0 aliphatic carbocycles. The van der Waals surface area contributed by atoms with Crippen LogP contribution >= 0.6 is 0 Å². The molecular formula is C18H17N3O2. The van der Waals surface area contributed by atoms with Gasteiger partial charge < -0.3 is 10.1 Å². The van der Waals surface area contributed by atoms with E-state index in [0.29, 0.717) is 13.0 Å². The lowest BCUT2D eigenvalue weighted by Crippen LogP contribution is -2.24. The highest BCUT2D eigenvalue weighted by molar-refractivity contribution is 5.79. The third kappa shape index (κ3) is 3.83. The minimum absolute atomic E-state index is 0.0301. The molecule has 3 rings (SSSR count). The van der Waals surface area contributed by atoms with Crippen LogP contribution in [0.5, 0.6) is 5.75 Å². The molecule has 1 heterocycles. The van der Waals surface area contributed by atoms with Crippen molar-refractivity contribution in [3.8, 4) is 5.75 Å². The number of ether oxygens (including phenoxy) is 1. The number of fused-ring (bicyclic) bond motifs is 1. The fourth-order valence-electron chi connectivity index (χ4n) is 2.35. The van der Waals surface area contributed by atoms with Crippen molar-refractivity contribution in [1.82, 2.24) is 15.3 Å². The molecular weight excluding hydrogens is 290 g/mol. The number of carbonyl (C=O) groups is 1. The number of hydrogen-bond acceptors (Lipinski definition) is 4. The summed E-state index contributed by atoms with van der Waals surface area (Å²) >= 11 is 0. The fourth-order valence-corrected chi connectivity index (χ4v) is 2.35. The quantitative estimate of drug-likeness (QED) is 0.786. The van der Waals surface area contributed by atoms with Crippen LogP contribution in [0.25, 0.3) is 11.0 Å². The molecule has 2 aromatic carbocycles. The molecule has 0 fully saturated rings. The zero-order chi connectivity index (χ0) is 16.1. The Labute approximate surface area is 134 Å². The Bertz CT molecular complexity index is 833. The van der Waals surface area contributed by atoms with E-state index in [0.717, 1.165) is 27.9 Å². The summed E-state index contributed by atoms with van der Waals surface area (Å²) in [5.41, 5.74) is 3.59. The summed E-state index contributed by atoms with van der Waals surface area (Å²) < 4.78 is 5.16. The number of amides is 1. The molecule has 5 nitrogen and oxygen atoms in total. The van der Waals surface area contributed by atoms with Gasteiger partial charge in [-0.05, 0) is 35.4 Å². The summed E-state index contributed by atoms with van der Waals surface area (Å²) in [6.45, 7) is 0.468. The molecule has 0 unspecified atom stereocenters. The minimum Gasteiger partial charge on any atom is -0.497 e. The molecule has 1 aromatic heterocycles. The average Bonchev–Trinajstić information content (AvgIpc) is 2.60. The van der Waals surface area contributed by atoms with E-state index in [1.165, 1.54) is 0 Å². The maximum absolute atomic E-state index is 12.1. The van der Waals surface area contributed by atoms with Crippen LogP contribution in [0.3, 0.4) is 0 Å². The second kappa shape index (κ2) is 6.87. The third-order valence-electron chi connectivity index (χ3n) is 3.52. The van der Waals surface area contributed by atoms with E-state index in [1.54, 1.807) is 19.5 Å². The fraction of sp³-hybridized carbons (Fsp3) is 0.167. The second-order valence-corrected chi connectivity index (χ2v) is 5.18. The average molecular weight is 307 g/mol. The van der Waals surface area contributed by atoms with E-state index in [-0.39, 0.29) is 5.91 Å². The zero-order valence-electron chi connectivity index (χ0n) is 12.8. The van der Waals surface area contributed by atoms with Crippen molar-refractivity contribution in [2.24, 2.45) is 0 Å². The molecule has 0 spiro atoms. The lowest BCUT2D eigenvalue weighted by Gasteiger charge is -2.07. The van der Waals surface area contributed by atoms with Gasteiger partial charge in [0, 0.05) is 18.9 Å². The maximum atomic E-state index is 12.1. The van der Waals surface area contributed by atoms with Gasteiger partial charge in [0.15, 0.2) is 0 Å².